The fourth-order valence-corrected chi connectivity index (χ4v) is 4.57. The Hall–Kier alpha value is -1.73. The lowest BCUT2D eigenvalue weighted by Crippen LogP contribution is -2.44. The van der Waals surface area contributed by atoms with E-state index in [1.54, 1.807) is 0 Å². The average molecular weight is 356 g/mol. The van der Waals surface area contributed by atoms with Crippen LogP contribution in [-0.2, 0) is 11.3 Å². The van der Waals surface area contributed by atoms with Crippen molar-refractivity contribution in [1.29, 1.82) is 0 Å². The summed E-state index contributed by atoms with van der Waals surface area (Å²) in [4.78, 5) is 2.68. The van der Waals surface area contributed by atoms with Crippen LogP contribution in [0.2, 0.25) is 0 Å². The van der Waals surface area contributed by atoms with Crippen molar-refractivity contribution in [3.8, 4) is 0 Å². The Balaban J connectivity index is 1.29. The molecule has 0 atom stereocenters. The maximum Gasteiger partial charge on any atom is 0.155 e. The van der Waals surface area contributed by atoms with Crippen molar-refractivity contribution in [3.63, 3.8) is 0 Å². The molecule has 0 amide bonds. The summed E-state index contributed by atoms with van der Waals surface area (Å²) in [6.45, 7) is 4.94. The molecule has 1 aliphatic carbocycles. The molecule has 140 valence electrons. The van der Waals surface area contributed by atoms with E-state index in [1.165, 1.54) is 57.4 Å². The highest BCUT2D eigenvalue weighted by atomic mass is 16.5. The second-order valence-electron chi connectivity index (χ2n) is 7.93. The van der Waals surface area contributed by atoms with Crippen LogP contribution in [-0.4, -0.2) is 61.8 Å². The van der Waals surface area contributed by atoms with Crippen LogP contribution in [0.5, 0.6) is 0 Å². The summed E-state index contributed by atoms with van der Waals surface area (Å²) in [7, 11) is 0. The number of nitrogens with zero attached hydrogens (tertiary/aromatic N) is 6. The van der Waals surface area contributed by atoms with Crippen LogP contribution < -0.4 is 0 Å². The van der Waals surface area contributed by atoms with Crippen molar-refractivity contribution in [2.24, 2.45) is 0 Å². The first-order chi connectivity index (χ1) is 12.9. The van der Waals surface area contributed by atoms with Crippen LogP contribution in [0.3, 0.4) is 0 Å². The predicted molar refractivity (Wildman–Crippen MR) is 97.0 cm³/mol. The molecule has 4 heterocycles. The zero-order valence-electron chi connectivity index (χ0n) is 15.3. The first kappa shape index (κ1) is 16.4. The van der Waals surface area contributed by atoms with Crippen LogP contribution >= 0.6 is 0 Å². The third-order valence-electron chi connectivity index (χ3n) is 6.17. The van der Waals surface area contributed by atoms with Gasteiger partial charge < -0.3 is 14.2 Å². The zero-order valence-corrected chi connectivity index (χ0v) is 15.3. The third kappa shape index (κ3) is 3.30. The van der Waals surface area contributed by atoms with Gasteiger partial charge >= 0.3 is 0 Å². The van der Waals surface area contributed by atoms with Gasteiger partial charge in [0.15, 0.2) is 5.82 Å². The number of hydrogen-bond donors (Lipinski definition) is 0. The minimum absolute atomic E-state index is 0.547. The standard InChI is InChI=1S/C19H28N6O/c1-8-20-24(9-1)14-18-21-22-19(25(18)17-2-3-17)15-4-10-23(11-5-15)16-6-12-26-13-7-16/h1,8-9,15-17H,2-7,10-14H2. The number of piperidine rings is 1. The Morgan fingerprint density at radius 1 is 0.962 bits per heavy atom. The van der Waals surface area contributed by atoms with Gasteiger partial charge in [-0.05, 0) is 57.7 Å². The molecular weight excluding hydrogens is 328 g/mol. The zero-order chi connectivity index (χ0) is 17.3. The topological polar surface area (TPSA) is 61.0 Å². The van der Waals surface area contributed by atoms with Gasteiger partial charge in [-0.1, -0.05) is 0 Å². The van der Waals surface area contributed by atoms with Crippen molar-refractivity contribution in [2.75, 3.05) is 26.3 Å². The summed E-state index contributed by atoms with van der Waals surface area (Å²) in [5.41, 5.74) is 0. The van der Waals surface area contributed by atoms with E-state index in [0.717, 1.165) is 31.6 Å². The van der Waals surface area contributed by atoms with Crippen LogP contribution in [0, 0.1) is 0 Å². The van der Waals surface area contributed by atoms with Gasteiger partial charge in [-0.15, -0.1) is 10.2 Å². The lowest BCUT2D eigenvalue weighted by molar-refractivity contribution is 0.0247. The molecule has 26 heavy (non-hydrogen) atoms. The van der Waals surface area contributed by atoms with Crippen LogP contribution in [0.1, 0.15) is 62.1 Å². The largest absolute Gasteiger partial charge is 0.381 e. The van der Waals surface area contributed by atoms with E-state index < -0.39 is 0 Å². The van der Waals surface area contributed by atoms with E-state index in [0.29, 0.717) is 12.0 Å². The van der Waals surface area contributed by atoms with Gasteiger partial charge in [0, 0.05) is 43.6 Å². The molecule has 0 radical (unpaired) electrons. The lowest BCUT2D eigenvalue weighted by atomic mass is 9.93. The summed E-state index contributed by atoms with van der Waals surface area (Å²) in [6, 6.07) is 3.30. The highest BCUT2D eigenvalue weighted by Crippen LogP contribution is 2.40. The molecule has 2 aromatic heterocycles. The first-order valence-electron chi connectivity index (χ1n) is 10.1. The molecule has 3 fully saturated rings. The summed E-state index contributed by atoms with van der Waals surface area (Å²) in [6.07, 6.45) is 11.1. The Morgan fingerprint density at radius 3 is 2.46 bits per heavy atom. The Kier molecular flexibility index (Phi) is 4.50. The van der Waals surface area contributed by atoms with Crippen molar-refractivity contribution >= 4 is 0 Å². The fraction of sp³-hybridized carbons (Fsp3) is 0.737. The third-order valence-corrected chi connectivity index (χ3v) is 6.17. The molecule has 2 aliphatic heterocycles. The molecule has 7 nitrogen and oxygen atoms in total. The molecule has 2 aromatic rings. The molecule has 3 aliphatic rings. The number of aromatic nitrogens is 5. The Bertz CT molecular complexity index is 708. The molecule has 0 N–H and O–H groups in total. The van der Waals surface area contributed by atoms with Crippen LogP contribution in [0.15, 0.2) is 18.5 Å². The summed E-state index contributed by atoms with van der Waals surface area (Å²) >= 11 is 0. The minimum atomic E-state index is 0.547. The van der Waals surface area contributed by atoms with E-state index in [-0.39, 0.29) is 0 Å². The highest BCUT2D eigenvalue weighted by molar-refractivity contribution is 5.09. The highest BCUT2D eigenvalue weighted by Gasteiger charge is 2.34. The summed E-state index contributed by atoms with van der Waals surface area (Å²) in [5.74, 6) is 2.84. The van der Waals surface area contributed by atoms with Gasteiger partial charge in [0.2, 0.25) is 0 Å². The smallest absolute Gasteiger partial charge is 0.155 e. The van der Waals surface area contributed by atoms with E-state index in [1.807, 2.05) is 23.1 Å². The van der Waals surface area contributed by atoms with Crippen LogP contribution in [0.25, 0.3) is 0 Å². The molecule has 5 rings (SSSR count). The van der Waals surface area contributed by atoms with Crippen LogP contribution in [0.4, 0.5) is 0 Å². The Labute approximate surface area is 154 Å². The molecule has 0 aromatic carbocycles. The van der Waals surface area contributed by atoms with E-state index >= 15 is 0 Å². The molecular formula is C19H28N6O. The van der Waals surface area contributed by atoms with Gasteiger partial charge in [-0.2, -0.15) is 5.10 Å². The second-order valence-corrected chi connectivity index (χ2v) is 7.93. The van der Waals surface area contributed by atoms with Gasteiger partial charge in [0.1, 0.15) is 12.4 Å². The predicted octanol–water partition coefficient (Wildman–Crippen LogP) is 2.22. The molecule has 0 bridgehead atoms. The lowest BCUT2D eigenvalue weighted by Gasteiger charge is -2.39. The summed E-state index contributed by atoms with van der Waals surface area (Å²) < 4.78 is 9.91. The maximum absolute atomic E-state index is 5.52. The average Bonchev–Trinajstić information content (AvgIpc) is 3.24. The Morgan fingerprint density at radius 2 is 1.77 bits per heavy atom. The monoisotopic (exact) mass is 356 g/mol. The molecule has 0 unspecified atom stereocenters. The minimum Gasteiger partial charge on any atom is -0.381 e. The molecule has 0 spiro atoms. The van der Waals surface area contributed by atoms with Gasteiger partial charge in [-0.25, -0.2) is 0 Å². The van der Waals surface area contributed by atoms with Crippen molar-refractivity contribution in [3.05, 3.63) is 30.1 Å². The van der Waals surface area contributed by atoms with Gasteiger partial charge in [-0.3, -0.25) is 4.68 Å². The molecule has 7 heteroatoms. The van der Waals surface area contributed by atoms with E-state index in [4.69, 9.17) is 4.74 Å². The molecule has 1 saturated carbocycles. The maximum atomic E-state index is 5.52. The van der Waals surface area contributed by atoms with Crippen molar-refractivity contribution in [2.45, 2.75) is 63.1 Å². The second kappa shape index (κ2) is 7.12. The van der Waals surface area contributed by atoms with E-state index in [9.17, 15) is 0 Å². The summed E-state index contributed by atoms with van der Waals surface area (Å²) in [5, 5.41) is 13.5. The fourth-order valence-electron chi connectivity index (χ4n) is 4.57. The van der Waals surface area contributed by atoms with Gasteiger partial charge in [0.05, 0.1) is 0 Å². The number of hydrogen-bond acceptors (Lipinski definition) is 5. The normalized spacial score (nSPS) is 23.5. The quantitative estimate of drug-likeness (QED) is 0.822. The van der Waals surface area contributed by atoms with Crippen molar-refractivity contribution < 1.29 is 4.74 Å². The number of likely N-dealkylation sites (tertiary alicyclic amines) is 1. The van der Waals surface area contributed by atoms with Crippen molar-refractivity contribution in [1.82, 2.24) is 29.4 Å². The molecule has 2 saturated heterocycles. The van der Waals surface area contributed by atoms with E-state index in [2.05, 4.69) is 24.8 Å². The number of ether oxygens (including phenoxy) is 1. The SMILES string of the molecule is c1cnn(Cc2nnc(C3CCN(C4CCOCC4)CC3)n2C2CC2)c1. The van der Waals surface area contributed by atoms with Gasteiger partial charge in [0.25, 0.3) is 0 Å². The number of rotatable bonds is 5. The first-order valence-corrected chi connectivity index (χ1v) is 10.1.